The van der Waals surface area contributed by atoms with Crippen molar-refractivity contribution in [3.05, 3.63) is 59.7 Å². The van der Waals surface area contributed by atoms with Crippen LogP contribution in [0.4, 0.5) is 0 Å². The summed E-state index contributed by atoms with van der Waals surface area (Å²) in [6.07, 6.45) is 20.4. The Morgan fingerprint density at radius 3 is 1.64 bits per heavy atom. The highest BCUT2D eigenvalue weighted by atomic mass is 16.6. The molecule has 4 nitrogen and oxygen atoms in total. The van der Waals surface area contributed by atoms with Crippen LogP contribution in [0.2, 0.25) is 0 Å². The summed E-state index contributed by atoms with van der Waals surface area (Å²) in [7, 11) is 1.63. The molecule has 2 aromatic rings. The first-order chi connectivity index (χ1) is 17.7. The Balaban J connectivity index is 1.45. The maximum Gasteiger partial charge on any atom is 0.338 e. The number of unbranched alkanes of at least 4 members (excludes halogenated alkanes) is 13. The fourth-order valence-electron chi connectivity index (χ4n) is 4.38. The summed E-state index contributed by atoms with van der Waals surface area (Å²) in [5.41, 5.74) is 1.87. The number of hydrogen-bond acceptors (Lipinski definition) is 4. The number of benzene rings is 2. The predicted octanol–water partition coefficient (Wildman–Crippen LogP) is 8.95. The van der Waals surface area contributed by atoms with E-state index in [-0.39, 0.29) is 12.6 Å². The van der Waals surface area contributed by atoms with Gasteiger partial charge in [-0.1, -0.05) is 103 Å². The van der Waals surface area contributed by atoms with E-state index >= 15 is 0 Å². The number of hydrogen-bond donors (Lipinski definition) is 0. The molecule has 0 unspecified atom stereocenters. The molecule has 2 rings (SSSR count). The first kappa shape index (κ1) is 29.7. The van der Waals surface area contributed by atoms with Gasteiger partial charge in [0.2, 0.25) is 0 Å². The van der Waals surface area contributed by atoms with Crippen LogP contribution in [0.5, 0.6) is 11.5 Å². The van der Waals surface area contributed by atoms with Crippen molar-refractivity contribution in [2.45, 2.75) is 103 Å². The number of methoxy groups -OCH3 is 1. The lowest BCUT2D eigenvalue weighted by Gasteiger charge is -2.08. The van der Waals surface area contributed by atoms with Gasteiger partial charge in [-0.3, -0.25) is 0 Å². The lowest BCUT2D eigenvalue weighted by atomic mass is 10.0. The molecular weight excluding hydrogens is 448 g/mol. The van der Waals surface area contributed by atoms with Gasteiger partial charge in [0.1, 0.15) is 24.7 Å². The first-order valence-corrected chi connectivity index (χ1v) is 14.3. The highest BCUT2D eigenvalue weighted by molar-refractivity contribution is 5.89. The largest absolute Gasteiger partial charge is 0.497 e. The van der Waals surface area contributed by atoms with E-state index in [9.17, 15) is 4.79 Å². The molecule has 36 heavy (non-hydrogen) atoms. The lowest BCUT2D eigenvalue weighted by molar-refractivity contribution is 0.0450. The Labute approximate surface area is 219 Å². The average Bonchev–Trinajstić information content (AvgIpc) is 2.92. The van der Waals surface area contributed by atoms with Gasteiger partial charge in [0.15, 0.2) is 0 Å². The van der Waals surface area contributed by atoms with Gasteiger partial charge >= 0.3 is 5.97 Å². The van der Waals surface area contributed by atoms with Crippen LogP contribution in [0, 0.1) is 0 Å². The topological polar surface area (TPSA) is 44.8 Å². The number of carbonyl (C=O) groups excluding carboxylic acids is 1. The summed E-state index contributed by atoms with van der Waals surface area (Å²) in [5.74, 6) is 1.19. The number of aryl methyl sites for hydroxylation is 1. The van der Waals surface area contributed by atoms with E-state index < -0.39 is 0 Å². The minimum absolute atomic E-state index is 0.214. The average molecular weight is 497 g/mol. The summed E-state index contributed by atoms with van der Waals surface area (Å²) in [6, 6.07) is 15.2. The molecule has 2 aromatic carbocycles. The maximum atomic E-state index is 12.3. The fraction of sp³-hybridized carbons (Fsp3) is 0.594. The minimum atomic E-state index is -0.309. The van der Waals surface area contributed by atoms with Gasteiger partial charge in [-0.15, -0.1) is 0 Å². The van der Waals surface area contributed by atoms with Crippen molar-refractivity contribution in [1.29, 1.82) is 0 Å². The second kappa shape index (κ2) is 19.7. The summed E-state index contributed by atoms with van der Waals surface area (Å²) >= 11 is 0. The van der Waals surface area contributed by atoms with E-state index in [1.807, 2.05) is 48.5 Å². The number of carbonyl (C=O) groups is 1. The van der Waals surface area contributed by atoms with Crippen LogP contribution in [0.3, 0.4) is 0 Å². The molecule has 0 spiro atoms. The van der Waals surface area contributed by atoms with Crippen LogP contribution in [0.1, 0.15) is 113 Å². The van der Waals surface area contributed by atoms with Gasteiger partial charge in [-0.2, -0.15) is 0 Å². The molecule has 0 radical (unpaired) electrons. The van der Waals surface area contributed by atoms with Gasteiger partial charge in [-0.25, -0.2) is 4.79 Å². The third-order valence-corrected chi connectivity index (χ3v) is 6.65. The molecule has 0 N–H and O–H groups in total. The zero-order chi connectivity index (χ0) is 25.7. The van der Waals surface area contributed by atoms with Gasteiger partial charge in [0.25, 0.3) is 0 Å². The van der Waals surface area contributed by atoms with Crippen LogP contribution >= 0.6 is 0 Å². The summed E-state index contributed by atoms with van der Waals surface area (Å²) in [6.45, 7) is 2.81. The number of esters is 1. The molecular formula is C32H48O4. The van der Waals surface area contributed by atoms with Crippen molar-refractivity contribution >= 4 is 5.97 Å². The molecule has 0 aliphatic heterocycles. The van der Waals surface area contributed by atoms with Gasteiger partial charge < -0.3 is 14.2 Å². The van der Waals surface area contributed by atoms with Gasteiger partial charge in [-0.05, 0) is 54.8 Å². The van der Waals surface area contributed by atoms with Crippen LogP contribution < -0.4 is 9.47 Å². The van der Waals surface area contributed by atoms with Crippen LogP contribution in [0.25, 0.3) is 0 Å². The Morgan fingerprint density at radius 1 is 0.611 bits per heavy atom. The second-order valence-electron chi connectivity index (χ2n) is 9.70. The fourth-order valence-corrected chi connectivity index (χ4v) is 4.38. The van der Waals surface area contributed by atoms with Crippen molar-refractivity contribution in [3.8, 4) is 11.5 Å². The molecule has 4 heteroatoms. The molecule has 0 aliphatic rings. The van der Waals surface area contributed by atoms with E-state index in [4.69, 9.17) is 14.2 Å². The molecule has 0 saturated heterocycles. The predicted molar refractivity (Wildman–Crippen MR) is 149 cm³/mol. The minimum Gasteiger partial charge on any atom is -0.497 e. The van der Waals surface area contributed by atoms with Gasteiger partial charge in [0, 0.05) is 0 Å². The molecule has 0 fully saturated rings. The van der Waals surface area contributed by atoms with Crippen LogP contribution in [-0.2, 0) is 11.2 Å². The van der Waals surface area contributed by atoms with E-state index in [0.29, 0.717) is 12.2 Å². The quantitative estimate of drug-likeness (QED) is 0.128. The van der Waals surface area contributed by atoms with Crippen molar-refractivity contribution < 1.29 is 19.0 Å². The normalized spacial score (nSPS) is 10.8. The monoisotopic (exact) mass is 496 g/mol. The number of rotatable bonds is 21. The lowest BCUT2D eigenvalue weighted by Crippen LogP contribution is -2.12. The molecule has 0 saturated carbocycles. The molecule has 0 aromatic heterocycles. The summed E-state index contributed by atoms with van der Waals surface area (Å²) in [4.78, 5) is 12.3. The maximum absolute atomic E-state index is 12.3. The first-order valence-electron chi connectivity index (χ1n) is 14.3. The number of ether oxygens (including phenoxy) is 3. The second-order valence-corrected chi connectivity index (χ2v) is 9.70. The highest BCUT2D eigenvalue weighted by Crippen LogP contribution is 2.17. The van der Waals surface area contributed by atoms with Crippen molar-refractivity contribution in [2.24, 2.45) is 0 Å². The molecule has 0 heterocycles. The van der Waals surface area contributed by atoms with Crippen molar-refractivity contribution in [2.75, 3.05) is 20.3 Å². The molecule has 0 atom stereocenters. The van der Waals surface area contributed by atoms with Crippen molar-refractivity contribution in [3.63, 3.8) is 0 Å². The molecule has 200 valence electrons. The zero-order valence-corrected chi connectivity index (χ0v) is 22.8. The van der Waals surface area contributed by atoms with E-state index in [1.54, 1.807) is 7.11 Å². The van der Waals surface area contributed by atoms with E-state index in [0.717, 1.165) is 17.9 Å². The summed E-state index contributed by atoms with van der Waals surface area (Å²) < 4.78 is 16.1. The molecule has 0 bridgehead atoms. The van der Waals surface area contributed by atoms with Gasteiger partial charge in [0.05, 0.1) is 12.7 Å². The SMILES string of the molecule is CCCCCCCCCCCCCCCCc1ccc(C(=O)OCCOc2ccc(OC)cc2)cc1. The Bertz CT molecular complexity index is 798. The standard InChI is InChI=1S/C32H48O4/c1-3-4-5-6-7-8-9-10-11-12-13-14-15-16-17-28-18-20-29(21-19-28)32(33)36-27-26-35-31-24-22-30(34-2)23-25-31/h18-25H,3-17,26-27H2,1-2H3. The van der Waals surface area contributed by atoms with E-state index in [2.05, 4.69) is 6.92 Å². The van der Waals surface area contributed by atoms with Crippen LogP contribution in [0.15, 0.2) is 48.5 Å². The third-order valence-electron chi connectivity index (χ3n) is 6.65. The summed E-state index contributed by atoms with van der Waals surface area (Å²) in [5, 5.41) is 0. The highest BCUT2D eigenvalue weighted by Gasteiger charge is 2.07. The Hall–Kier alpha value is -2.49. The molecule has 0 aliphatic carbocycles. The Morgan fingerprint density at radius 2 is 1.11 bits per heavy atom. The smallest absolute Gasteiger partial charge is 0.338 e. The van der Waals surface area contributed by atoms with Crippen molar-refractivity contribution in [1.82, 2.24) is 0 Å². The molecule has 0 amide bonds. The zero-order valence-electron chi connectivity index (χ0n) is 22.8. The Kier molecular flexibility index (Phi) is 16.2. The van der Waals surface area contributed by atoms with E-state index in [1.165, 1.54) is 95.5 Å². The van der Waals surface area contributed by atoms with Crippen LogP contribution in [-0.4, -0.2) is 26.3 Å². The third kappa shape index (κ3) is 13.6.